The molecule has 2 aromatic carbocycles. The fourth-order valence-electron chi connectivity index (χ4n) is 2.76. The predicted octanol–water partition coefficient (Wildman–Crippen LogP) is 4.77. The fraction of sp³-hybridized carbons (Fsp3) is 0.100. The van der Waals surface area contributed by atoms with Crippen molar-refractivity contribution in [2.45, 2.75) is 13.5 Å². The van der Waals surface area contributed by atoms with E-state index in [-0.39, 0.29) is 5.91 Å². The normalized spacial score (nSPS) is 10.8. The first-order valence-corrected chi connectivity index (χ1v) is 10.2. The molecule has 4 rings (SSSR count). The zero-order chi connectivity index (χ0) is 19.5. The number of carbonyl (C=O) groups is 1. The molecule has 140 valence electrons. The van der Waals surface area contributed by atoms with Gasteiger partial charge in [0.2, 0.25) is 0 Å². The molecule has 0 spiro atoms. The molecule has 0 unspecified atom stereocenters. The summed E-state index contributed by atoms with van der Waals surface area (Å²) in [5.74, 6) is -0.177. The Hall–Kier alpha value is -2.84. The van der Waals surface area contributed by atoms with Crippen LogP contribution < -0.4 is 5.32 Å². The van der Waals surface area contributed by atoms with Crippen molar-refractivity contribution in [3.05, 3.63) is 81.7 Å². The zero-order valence-electron chi connectivity index (χ0n) is 15.0. The molecular weight excluding hydrogens is 438 g/mol. The van der Waals surface area contributed by atoms with E-state index in [2.05, 4.69) is 36.3 Å². The number of benzene rings is 2. The summed E-state index contributed by atoms with van der Waals surface area (Å²) in [6, 6.07) is 15.4. The smallest absolute Gasteiger partial charge is 0.257 e. The van der Waals surface area contributed by atoms with Gasteiger partial charge in [0.15, 0.2) is 5.13 Å². The molecule has 0 saturated carbocycles. The van der Waals surface area contributed by atoms with Gasteiger partial charge in [-0.25, -0.2) is 14.6 Å². The van der Waals surface area contributed by atoms with Gasteiger partial charge in [-0.15, -0.1) is 11.3 Å². The van der Waals surface area contributed by atoms with Crippen molar-refractivity contribution in [3.63, 3.8) is 0 Å². The molecule has 0 aliphatic carbocycles. The Kier molecular flexibility index (Phi) is 5.31. The molecule has 1 N–H and O–H groups in total. The summed E-state index contributed by atoms with van der Waals surface area (Å²) >= 11 is 4.91. The largest absolute Gasteiger partial charge is 0.298 e. The molecule has 8 heteroatoms. The molecule has 0 aliphatic rings. The van der Waals surface area contributed by atoms with Crippen molar-refractivity contribution in [2.75, 3.05) is 5.32 Å². The van der Waals surface area contributed by atoms with E-state index in [0.29, 0.717) is 17.2 Å². The molecule has 1 amide bonds. The molecule has 0 radical (unpaired) electrons. The summed E-state index contributed by atoms with van der Waals surface area (Å²) in [5, 5.41) is 7.57. The van der Waals surface area contributed by atoms with Gasteiger partial charge in [-0.1, -0.05) is 40.2 Å². The van der Waals surface area contributed by atoms with Crippen LogP contribution in [0.1, 0.15) is 20.8 Å². The summed E-state index contributed by atoms with van der Waals surface area (Å²) in [6.45, 7) is 2.62. The van der Waals surface area contributed by atoms with Crippen molar-refractivity contribution < 1.29 is 4.79 Å². The molecule has 4 aromatic rings. The van der Waals surface area contributed by atoms with E-state index in [4.69, 9.17) is 0 Å². The maximum absolute atomic E-state index is 12.6. The van der Waals surface area contributed by atoms with E-state index < -0.39 is 0 Å². The third-order valence-corrected chi connectivity index (χ3v) is 5.58. The summed E-state index contributed by atoms with van der Waals surface area (Å²) in [6.07, 6.45) is 3.16. The number of anilines is 1. The lowest BCUT2D eigenvalue weighted by Crippen LogP contribution is -2.11. The molecular formula is C20H16BrN5OS. The first kappa shape index (κ1) is 18.5. The van der Waals surface area contributed by atoms with Crippen LogP contribution in [0.2, 0.25) is 0 Å². The number of carbonyl (C=O) groups excluding carboxylic acids is 1. The van der Waals surface area contributed by atoms with Crippen LogP contribution in [-0.4, -0.2) is 25.7 Å². The quantitative estimate of drug-likeness (QED) is 0.472. The van der Waals surface area contributed by atoms with Gasteiger partial charge in [-0.3, -0.25) is 10.1 Å². The fourth-order valence-corrected chi connectivity index (χ4v) is 3.85. The standard InChI is InChI=1S/C20H16BrN5OS/c1-13-18(15-6-8-17(21)9-7-15)24-20(28-13)25-19(27)16-4-2-14(3-5-16)10-26-12-22-11-23-26/h2-9,11-12H,10H2,1H3,(H,24,25,27). The molecule has 2 heterocycles. The molecule has 0 atom stereocenters. The Bertz CT molecular complexity index is 1090. The van der Waals surface area contributed by atoms with Gasteiger partial charge in [0.1, 0.15) is 12.7 Å². The number of hydrogen-bond acceptors (Lipinski definition) is 5. The summed E-state index contributed by atoms with van der Waals surface area (Å²) in [5.41, 5.74) is 3.54. The second-order valence-electron chi connectivity index (χ2n) is 6.17. The van der Waals surface area contributed by atoms with E-state index in [1.54, 1.807) is 23.1 Å². The maximum Gasteiger partial charge on any atom is 0.257 e. The van der Waals surface area contributed by atoms with Gasteiger partial charge in [0.25, 0.3) is 5.91 Å². The second kappa shape index (κ2) is 8.04. The summed E-state index contributed by atoms with van der Waals surface area (Å²) in [7, 11) is 0. The number of aromatic nitrogens is 4. The number of halogens is 1. The minimum Gasteiger partial charge on any atom is -0.298 e. The maximum atomic E-state index is 12.6. The average Bonchev–Trinajstić information content (AvgIpc) is 3.32. The highest BCUT2D eigenvalue weighted by atomic mass is 79.9. The van der Waals surface area contributed by atoms with Crippen LogP contribution in [-0.2, 0) is 6.54 Å². The number of nitrogens with one attached hydrogen (secondary N) is 1. The first-order chi connectivity index (χ1) is 13.6. The SMILES string of the molecule is Cc1sc(NC(=O)c2ccc(Cn3cncn3)cc2)nc1-c1ccc(Br)cc1. The summed E-state index contributed by atoms with van der Waals surface area (Å²) < 4.78 is 2.75. The van der Waals surface area contributed by atoms with Gasteiger partial charge < -0.3 is 0 Å². The lowest BCUT2D eigenvalue weighted by atomic mass is 10.1. The van der Waals surface area contributed by atoms with Gasteiger partial charge in [0.05, 0.1) is 12.2 Å². The van der Waals surface area contributed by atoms with Crippen molar-refractivity contribution in [2.24, 2.45) is 0 Å². The minimum absolute atomic E-state index is 0.177. The van der Waals surface area contributed by atoms with Gasteiger partial charge in [-0.2, -0.15) is 5.10 Å². The molecule has 0 saturated heterocycles. The van der Waals surface area contributed by atoms with Crippen LogP contribution in [0.25, 0.3) is 11.3 Å². The highest BCUT2D eigenvalue weighted by Gasteiger charge is 2.13. The van der Waals surface area contributed by atoms with Crippen molar-refractivity contribution in [1.82, 2.24) is 19.7 Å². The molecule has 2 aromatic heterocycles. The Morgan fingerprint density at radius 3 is 2.57 bits per heavy atom. The highest BCUT2D eigenvalue weighted by molar-refractivity contribution is 9.10. The lowest BCUT2D eigenvalue weighted by molar-refractivity contribution is 0.102. The first-order valence-electron chi connectivity index (χ1n) is 8.54. The molecule has 0 bridgehead atoms. The Labute approximate surface area is 174 Å². The van der Waals surface area contributed by atoms with Crippen LogP contribution in [0.15, 0.2) is 65.7 Å². The van der Waals surface area contributed by atoms with E-state index in [1.165, 1.54) is 17.7 Å². The Balaban J connectivity index is 1.46. The molecule has 0 fully saturated rings. The van der Waals surface area contributed by atoms with E-state index in [1.807, 2.05) is 43.3 Å². The van der Waals surface area contributed by atoms with Crippen LogP contribution in [0, 0.1) is 6.92 Å². The molecule has 28 heavy (non-hydrogen) atoms. The van der Waals surface area contributed by atoms with Crippen LogP contribution in [0.5, 0.6) is 0 Å². The minimum atomic E-state index is -0.177. The van der Waals surface area contributed by atoms with E-state index in [9.17, 15) is 4.79 Å². The monoisotopic (exact) mass is 453 g/mol. The number of hydrogen-bond donors (Lipinski definition) is 1. The zero-order valence-corrected chi connectivity index (χ0v) is 17.4. The third kappa shape index (κ3) is 4.18. The number of thiazole rings is 1. The van der Waals surface area contributed by atoms with Crippen LogP contribution in [0.4, 0.5) is 5.13 Å². The highest BCUT2D eigenvalue weighted by Crippen LogP contribution is 2.31. The molecule has 6 nitrogen and oxygen atoms in total. The Morgan fingerprint density at radius 2 is 1.89 bits per heavy atom. The number of amides is 1. The van der Waals surface area contributed by atoms with Gasteiger partial charge >= 0.3 is 0 Å². The number of aryl methyl sites for hydroxylation is 1. The van der Waals surface area contributed by atoms with Crippen molar-refractivity contribution in [1.29, 1.82) is 0 Å². The predicted molar refractivity (Wildman–Crippen MR) is 114 cm³/mol. The summed E-state index contributed by atoms with van der Waals surface area (Å²) in [4.78, 5) is 22.1. The van der Waals surface area contributed by atoms with Crippen molar-refractivity contribution in [3.8, 4) is 11.3 Å². The average molecular weight is 454 g/mol. The topological polar surface area (TPSA) is 72.7 Å². The van der Waals surface area contributed by atoms with Crippen LogP contribution in [0.3, 0.4) is 0 Å². The Morgan fingerprint density at radius 1 is 1.14 bits per heavy atom. The lowest BCUT2D eigenvalue weighted by Gasteiger charge is -2.04. The van der Waals surface area contributed by atoms with E-state index >= 15 is 0 Å². The molecule has 0 aliphatic heterocycles. The number of nitrogens with zero attached hydrogens (tertiary/aromatic N) is 4. The second-order valence-corrected chi connectivity index (χ2v) is 8.29. The van der Waals surface area contributed by atoms with Gasteiger partial charge in [-0.05, 0) is 36.8 Å². The number of rotatable bonds is 5. The third-order valence-electron chi connectivity index (χ3n) is 4.16. The van der Waals surface area contributed by atoms with Crippen molar-refractivity contribution >= 4 is 38.3 Å². The van der Waals surface area contributed by atoms with E-state index in [0.717, 1.165) is 26.2 Å². The van der Waals surface area contributed by atoms with Gasteiger partial charge in [0, 0.05) is 20.5 Å². The van der Waals surface area contributed by atoms with Crippen LogP contribution >= 0.6 is 27.3 Å².